The molecule has 2 fully saturated rings. The van der Waals surface area contributed by atoms with Gasteiger partial charge in [-0.1, -0.05) is 29.3 Å². The molecule has 0 spiro atoms. The summed E-state index contributed by atoms with van der Waals surface area (Å²) in [6, 6.07) is 5.46. The summed E-state index contributed by atoms with van der Waals surface area (Å²) in [6.45, 7) is 0.465. The van der Waals surface area contributed by atoms with Crippen molar-refractivity contribution in [2.45, 2.75) is 57.2 Å². The number of Topliss-reactive ketones (excluding diaryl/α,β-unsaturated/α-hetero) is 1. The molecule has 0 atom stereocenters. The van der Waals surface area contributed by atoms with E-state index in [-0.39, 0.29) is 6.10 Å². The Hall–Kier alpha value is -1.36. The van der Waals surface area contributed by atoms with Crippen LogP contribution in [0.2, 0.25) is 10.0 Å². The zero-order valence-electron chi connectivity index (χ0n) is 13.9. The summed E-state index contributed by atoms with van der Waals surface area (Å²) < 4.78 is 7.96. The van der Waals surface area contributed by atoms with Crippen molar-refractivity contribution in [3.8, 4) is 5.69 Å². The van der Waals surface area contributed by atoms with Gasteiger partial charge in [-0.15, -0.1) is 0 Å². The van der Waals surface area contributed by atoms with Crippen molar-refractivity contribution < 1.29 is 9.53 Å². The van der Waals surface area contributed by atoms with Crippen molar-refractivity contribution in [3.63, 3.8) is 0 Å². The number of benzene rings is 1. The molecular weight excluding hydrogens is 359 g/mol. The van der Waals surface area contributed by atoms with Crippen LogP contribution in [-0.4, -0.2) is 21.7 Å². The monoisotopic (exact) mass is 378 g/mol. The number of nitrogens with zero attached hydrogens (tertiary/aromatic N) is 2. The molecule has 0 amide bonds. The third-order valence-corrected chi connectivity index (χ3v) is 5.62. The smallest absolute Gasteiger partial charge is 0.133 e. The normalized spacial score (nSPS) is 18.7. The van der Waals surface area contributed by atoms with Crippen LogP contribution in [0.1, 0.15) is 55.7 Å². The topological polar surface area (TPSA) is 44.1 Å². The van der Waals surface area contributed by atoms with Crippen molar-refractivity contribution in [1.29, 1.82) is 0 Å². The number of ketones is 1. The van der Waals surface area contributed by atoms with Crippen molar-refractivity contribution in [1.82, 2.24) is 9.78 Å². The number of aromatic nitrogens is 2. The van der Waals surface area contributed by atoms with Gasteiger partial charge in [0.25, 0.3) is 0 Å². The summed E-state index contributed by atoms with van der Waals surface area (Å²) in [6.07, 6.45) is 7.28. The van der Waals surface area contributed by atoms with E-state index in [1.54, 1.807) is 0 Å². The maximum atomic E-state index is 11.4. The maximum absolute atomic E-state index is 11.4. The number of para-hydroxylation sites is 1. The minimum absolute atomic E-state index is 0.134. The fourth-order valence-corrected chi connectivity index (χ4v) is 3.98. The van der Waals surface area contributed by atoms with Gasteiger partial charge in [0.05, 0.1) is 34.6 Å². The van der Waals surface area contributed by atoms with Gasteiger partial charge in [-0.05, 0) is 49.3 Å². The molecule has 0 N–H and O–H groups in total. The molecule has 25 heavy (non-hydrogen) atoms. The second kappa shape index (κ2) is 7.10. The lowest BCUT2D eigenvalue weighted by Gasteiger charge is -2.22. The average molecular weight is 379 g/mol. The highest BCUT2D eigenvalue weighted by Crippen LogP contribution is 2.43. The summed E-state index contributed by atoms with van der Waals surface area (Å²) in [5.41, 5.74) is 2.95. The predicted octanol–water partition coefficient (Wildman–Crippen LogP) is 5.08. The Labute approximate surface area is 157 Å². The molecule has 2 aliphatic rings. The van der Waals surface area contributed by atoms with Crippen LogP contribution in [0.3, 0.4) is 0 Å². The maximum Gasteiger partial charge on any atom is 0.133 e. The molecular formula is C19H20Cl2N2O2. The van der Waals surface area contributed by atoms with E-state index in [1.165, 1.54) is 18.4 Å². The first-order valence-corrected chi connectivity index (χ1v) is 9.53. The van der Waals surface area contributed by atoms with E-state index in [1.807, 2.05) is 29.1 Å². The summed E-state index contributed by atoms with van der Waals surface area (Å²) in [4.78, 5) is 11.4. The van der Waals surface area contributed by atoms with Crippen molar-refractivity contribution in [2.24, 2.45) is 0 Å². The van der Waals surface area contributed by atoms with E-state index in [4.69, 9.17) is 27.9 Å². The number of rotatable bonds is 5. The number of ether oxygens (including phenoxy) is 1. The molecule has 1 aromatic carbocycles. The van der Waals surface area contributed by atoms with Gasteiger partial charge >= 0.3 is 0 Å². The minimum Gasteiger partial charge on any atom is -0.372 e. The van der Waals surface area contributed by atoms with Gasteiger partial charge in [0, 0.05) is 12.8 Å². The Bertz CT molecular complexity index is 768. The quantitative estimate of drug-likeness (QED) is 0.727. The molecule has 1 heterocycles. The molecule has 2 aromatic rings. The third kappa shape index (κ3) is 3.62. The van der Waals surface area contributed by atoms with Crippen LogP contribution in [0.4, 0.5) is 0 Å². The van der Waals surface area contributed by atoms with Gasteiger partial charge in [0.1, 0.15) is 11.5 Å². The molecule has 0 bridgehead atoms. The van der Waals surface area contributed by atoms with Gasteiger partial charge in [-0.25, -0.2) is 4.68 Å². The highest BCUT2D eigenvalue weighted by Gasteiger charge is 2.30. The second-order valence-electron chi connectivity index (χ2n) is 6.85. The Morgan fingerprint density at radius 3 is 2.44 bits per heavy atom. The van der Waals surface area contributed by atoms with E-state index >= 15 is 0 Å². The van der Waals surface area contributed by atoms with Gasteiger partial charge in [-0.2, -0.15) is 5.10 Å². The van der Waals surface area contributed by atoms with Crippen molar-refractivity contribution >= 4 is 29.0 Å². The molecule has 1 aromatic heterocycles. The first kappa shape index (κ1) is 17.1. The van der Waals surface area contributed by atoms with Crippen molar-refractivity contribution in [3.05, 3.63) is 45.7 Å². The van der Waals surface area contributed by atoms with Crippen LogP contribution in [-0.2, 0) is 16.1 Å². The third-order valence-electron chi connectivity index (χ3n) is 5.01. The molecule has 0 unspecified atom stereocenters. The second-order valence-corrected chi connectivity index (χ2v) is 7.67. The lowest BCUT2D eigenvalue weighted by atomic mass is 9.96. The largest absolute Gasteiger partial charge is 0.372 e. The van der Waals surface area contributed by atoms with Crippen molar-refractivity contribution in [2.75, 3.05) is 0 Å². The fraction of sp³-hybridized carbons (Fsp3) is 0.474. The first-order chi connectivity index (χ1) is 12.1. The number of halogens is 2. The van der Waals surface area contributed by atoms with Crippen LogP contribution < -0.4 is 0 Å². The summed E-state index contributed by atoms with van der Waals surface area (Å²) in [7, 11) is 0. The number of carbonyl (C=O) groups is 1. The molecule has 4 nitrogen and oxygen atoms in total. The summed E-state index contributed by atoms with van der Waals surface area (Å²) in [5.74, 6) is 0.896. The van der Waals surface area contributed by atoms with Gasteiger partial charge < -0.3 is 4.74 Å². The Morgan fingerprint density at radius 1 is 1.12 bits per heavy atom. The predicted molar refractivity (Wildman–Crippen MR) is 97.6 cm³/mol. The van der Waals surface area contributed by atoms with Gasteiger partial charge in [0.15, 0.2) is 0 Å². The zero-order valence-corrected chi connectivity index (χ0v) is 15.4. The molecule has 132 valence electrons. The van der Waals surface area contributed by atoms with Crippen LogP contribution in [0.15, 0.2) is 24.4 Å². The van der Waals surface area contributed by atoms with Crippen LogP contribution in [0.25, 0.3) is 5.69 Å². The van der Waals surface area contributed by atoms with E-state index in [0.29, 0.717) is 46.9 Å². The lowest BCUT2D eigenvalue weighted by molar-refractivity contribution is -0.123. The van der Waals surface area contributed by atoms with Crippen LogP contribution in [0, 0.1) is 0 Å². The Morgan fingerprint density at radius 2 is 1.80 bits per heavy atom. The van der Waals surface area contributed by atoms with E-state index in [9.17, 15) is 4.79 Å². The Kier molecular flexibility index (Phi) is 4.85. The lowest BCUT2D eigenvalue weighted by Crippen LogP contribution is -2.22. The number of hydrogen-bond donors (Lipinski definition) is 0. The van der Waals surface area contributed by atoms with Crippen LogP contribution >= 0.6 is 23.2 Å². The van der Waals surface area contributed by atoms with E-state index < -0.39 is 0 Å². The highest BCUT2D eigenvalue weighted by molar-refractivity contribution is 6.37. The molecule has 0 aliphatic heterocycles. The Balaban J connectivity index is 1.61. The summed E-state index contributed by atoms with van der Waals surface area (Å²) >= 11 is 12.8. The molecule has 0 saturated heterocycles. The molecule has 2 aliphatic carbocycles. The van der Waals surface area contributed by atoms with E-state index in [2.05, 4.69) is 5.10 Å². The zero-order chi connectivity index (χ0) is 17.4. The van der Waals surface area contributed by atoms with Crippen LogP contribution in [0.5, 0.6) is 0 Å². The first-order valence-electron chi connectivity index (χ1n) is 8.78. The standard InChI is InChI=1S/C19H20Cl2N2O2/c20-16-2-1-3-17(21)19(16)23-18(15(10-22-23)12-4-5-12)11-25-14-8-6-13(24)7-9-14/h1-3,10,12,14H,4-9,11H2. The van der Waals surface area contributed by atoms with Gasteiger partial charge in [-0.3, -0.25) is 4.79 Å². The minimum atomic E-state index is 0.134. The SMILES string of the molecule is O=C1CCC(OCc2c(C3CC3)cnn2-c2c(Cl)cccc2Cl)CC1. The molecule has 6 heteroatoms. The average Bonchev–Trinajstić information content (AvgIpc) is 3.36. The molecule has 0 radical (unpaired) electrons. The summed E-state index contributed by atoms with van der Waals surface area (Å²) in [5, 5.41) is 5.70. The van der Waals surface area contributed by atoms with E-state index in [0.717, 1.165) is 18.5 Å². The fourth-order valence-electron chi connectivity index (χ4n) is 3.43. The van der Waals surface area contributed by atoms with Gasteiger partial charge in [0.2, 0.25) is 0 Å². The number of hydrogen-bond acceptors (Lipinski definition) is 3. The number of carbonyl (C=O) groups excluding carboxylic acids is 1. The molecule has 2 saturated carbocycles. The highest BCUT2D eigenvalue weighted by atomic mass is 35.5. The molecule has 4 rings (SSSR count).